The molecule has 1 fully saturated rings. The first-order chi connectivity index (χ1) is 13.9. The molecule has 0 saturated carbocycles. The maximum Gasteiger partial charge on any atom is 0.417 e. The zero-order valence-electron chi connectivity index (χ0n) is 15.3. The number of nitrogens with zero attached hydrogens (tertiary/aromatic N) is 1. The van der Waals surface area contributed by atoms with E-state index in [1.54, 1.807) is 0 Å². The van der Waals surface area contributed by atoms with Crippen LogP contribution >= 0.6 is 23.2 Å². The number of carbonyl (C=O) groups is 1. The van der Waals surface area contributed by atoms with Crippen molar-refractivity contribution in [2.75, 3.05) is 23.4 Å². The third-order valence-electron chi connectivity index (χ3n) is 4.53. The number of anilines is 2. The fourth-order valence-electron chi connectivity index (χ4n) is 3.03. The number of amides is 1. The second-order valence-electron chi connectivity index (χ2n) is 6.84. The van der Waals surface area contributed by atoms with E-state index in [4.69, 9.17) is 23.2 Å². The predicted octanol–water partition coefficient (Wildman–Crippen LogP) is 4.32. The number of nitrogens with one attached hydrogen (secondary N) is 2. The molecule has 2 aromatic rings. The monoisotopic (exact) mass is 481 g/mol. The molecule has 1 aliphatic rings. The Morgan fingerprint density at radius 2 is 1.97 bits per heavy atom. The molecule has 0 radical (unpaired) electrons. The summed E-state index contributed by atoms with van der Waals surface area (Å²) in [6.45, 7) is -0.0320. The highest BCUT2D eigenvalue weighted by Gasteiger charge is 2.36. The number of carbonyl (C=O) groups excluding carboxylic acids is 1. The summed E-state index contributed by atoms with van der Waals surface area (Å²) in [6, 6.07) is 5.11. The number of halogens is 5. The second-order valence-corrected chi connectivity index (χ2v) is 9.91. The highest BCUT2D eigenvalue weighted by molar-refractivity contribution is 7.91. The minimum atomic E-state index is -4.81. The number of rotatable bonds is 5. The van der Waals surface area contributed by atoms with Crippen LogP contribution in [0.15, 0.2) is 30.5 Å². The third kappa shape index (κ3) is 5.55. The number of hydrogen-bond donors (Lipinski definition) is 2. The molecular weight excluding hydrogens is 466 g/mol. The fourth-order valence-corrected chi connectivity index (χ4v) is 5.35. The Balaban J connectivity index is 1.80. The Bertz CT molecular complexity index is 1080. The Morgan fingerprint density at radius 3 is 2.57 bits per heavy atom. The van der Waals surface area contributed by atoms with Crippen LogP contribution in [0.25, 0.3) is 0 Å². The van der Waals surface area contributed by atoms with E-state index in [1.807, 2.05) is 0 Å². The van der Waals surface area contributed by atoms with Gasteiger partial charge >= 0.3 is 6.18 Å². The second kappa shape index (κ2) is 8.60. The van der Waals surface area contributed by atoms with Crippen molar-refractivity contribution in [2.45, 2.75) is 12.6 Å². The van der Waals surface area contributed by atoms with E-state index in [1.165, 1.54) is 18.2 Å². The number of sulfone groups is 1. The quantitative estimate of drug-likeness (QED) is 0.663. The van der Waals surface area contributed by atoms with E-state index in [0.29, 0.717) is 23.2 Å². The van der Waals surface area contributed by atoms with Gasteiger partial charge in [0.2, 0.25) is 0 Å². The van der Waals surface area contributed by atoms with Crippen LogP contribution in [0.1, 0.15) is 22.3 Å². The van der Waals surface area contributed by atoms with Gasteiger partial charge in [0.05, 0.1) is 33.3 Å². The molecule has 3 rings (SSSR count). The van der Waals surface area contributed by atoms with Crippen molar-refractivity contribution < 1.29 is 26.4 Å². The molecular formula is C18H16Cl2F3N3O3S. The minimum absolute atomic E-state index is 0.0104. The van der Waals surface area contributed by atoms with Crippen LogP contribution in [-0.2, 0) is 16.0 Å². The van der Waals surface area contributed by atoms with Crippen LogP contribution < -0.4 is 10.6 Å². The molecule has 1 saturated heterocycles. The van der Waals surface area contributed by atoms with Crippen molar-refractivity contribution in [3.8, 4) is 0 Å². The van der Waals surface area contributed by atoms with Crippen molar-refractivity contribution in [3.63, 3.8) is 0 Å². The van der Waals surface area contributed by atoms with Crippen LogP contribution in [0.4, 0.5) is 24.7 Å². The number of hydrogen-bond acceptors (Lipinski definition) is 5. The first-order valence-corrected chi connectivity index (χ1v) is 11.3. The van der Waals surface area contributed by atoms with Gasteiger partial charge in [0, 0.05) is 17.8 Å². The minimum Gasteiger partial charge on any atom is -0.352 e. The van der Waals surface area contributed by atoms with E-state index in [9.17, 15) is 26.4 Å². The molecule has 1 unspecified atom stereocenters. The maximum absolute atomic E-state index is 13.5. The molecule has 30 heavy (non-hydrogen) atoms. The van der Waals surface area contributed by atoms with Crippen molar-refractivity contribution in [1.29, 1.82) is 0 Å². The maximum atomic E-state index is 13.5. The van der Waals surface area contributed by atoms with Gasteiger partial charge < -0.3 is 10.6 Å². The molecule has 1 amide bonds. The number of alkyl halides is 3. The summed E-state index contributed by atoms with van der Waals surface area (Å²) in [5.74, 6) is -1.55. The van der Waals surface area contributed by atoms with Crippen molar-refractivity contribution in [1.82, 2.24) is 10.3 Å². The molecule has 12 heteroatoms. The van der Waals surface area contributed by atoms with Gasteiger partial charge in [0.1, 0.15) is 5.82 Å². The van der Waals surface area contributed by atoms with E-state index in [-0.39, 0.29) is 34.8 Å². The molecule has 1 aliphatic heterocycles. The van der Waals surface area contributed by atoms with E-state index in [0.717, 1.165) is 6.20 Å². The van der Waals surface area contributed by atoms with Gasteiger partial charge in [-0.1, -0.05) is 23.2 Å². The number of pyridine rings is 1. The van der Waals surface area contributed by atoms with Gasteiger partial charge in [-0.3, -0.25) is 4.79 Å². The van der Waals surface area contributed by atoms with Crippen LogP contribution in [0.3, 0.4) is 0 Å². The topological polar surface area (TPSA) is 88.2 Å². The Hall–Kier alpha value is -2.04. The van der Waals surface area contributed by atoms with Crippen molar-refractivity contribution >= 4 is 50.5 Å². The predicted molar refractivity (Wildman–Crippen MR) is 108 cm³/mol. The van der Waals surface area contributed by atoms with Gasteiger partial charge in [0.15, 0.2) is 9.84 Å². The molecule has 1 aromatic carbocycles. The largest absolute Gasteiger partial charge is 0.417 e. The Kier molecular flexibility index (Phi) is 6.49. The highest BCUT2D eigenvalue weighted by Crippen LogP contribution is 2.35. The summed E-state index contributed by atoms with van der Waals surface area (Å²) in [5.41, 5.74) is -1.54. The Morgan fingerprint density at radius 1 is 1.23 bits per heavy atom. The van der Waals surface area contributed by atoms with Crippen LogP contribution in [0.5, 0.6) is 0 Å². The zero-order chi connectivity index (χ0) is 22.1. The molecule has 1 aromatic heterocycles. The summed E-state index contributed by atoms with van der Waals surface area (Å²) in [4.78, 5) is 16.2. The lowest BCUT2D eigenvalue weighted by Gasteiger charge is -2.16. The highest BCUT2D eigenvalue weighted by atomic mass is 35.5. The van der Waals surface area contributed by atoms with Crippen molar-refractivity contribution in [3.05, 3.63) is 51.6 Å². The van der Waals surface area contributed by atoms with Gasteiger partial charge in [-0.15, -0.1) is 0 Å². The molecule has 162 valence electrons. The Labute approximate surface area is 180 Å². The van der Waals surface area contributed by atoms with Crippen molar-refractivity contribution in [2.24, 2.45) is 5.92 Å². The van der Waals surface area contributed by atoms with E-state index >= 15 is 0 Å². The number of benzene rings is 1. The summed E-state index contributed by atoms with van der Waals surface area (Å²) in [7, 11) is -3.15. The van der Waals surface area contributed by atoms with Gasteiger partial charge in [-0.25, -0.2) is 13.4 Å². The molecule has 2 heterocycles. The van der Waals surface area contributed by atoms with Crippen LogP contribution in [-0.4, -0.2) is 37.4 Å². The fraction of sp³-hybridized carbons (Fsp3) is 0.333. The molecule has 0 aliphatic carbocycles. The zero-order valence-corrected chi connectivity index (χ0v) is 17.6. The summed E-state index contributed by atoms with van der Waals surface area (Å²) >= 11 is 11.8. The molecule has 2 N–H and O–H groups in total. The molecule has 1 atom stereocenters. The van der Waals surface area contributed by atoms with E-state index in [2.05, 4.69) is 15.6 Å². The SMILES string of the molecule is O=C(NCC1CCS(=O)(=O)C1)c1cnc(Nc2ccc(Cl)cc2Cl)cc1C(F)(F)F. The standard InChI is InChI=1S/C18H16Cl2F3N3O3S/c19-11-1-2-15(14(20)5-11)26-16-6-13(18(21,22)23)12(8-24-16)17(27)25-7-10-3-4-30(28,29)9-10/h1-2,5-6,8,10H,3-4,7,9H2,(H,24,26)(H,25,27). The first kappa shape index (κ1) is 22.6. The van der Waals surface area contributed by atoms with Gasteiger partial charge in [0.25, 0.3) is 5.91 Å². The molecule has 0 spiro atoms. The molecule has 6 nitrogen and oxygen atoms in total. The molecule has 0 bridgehead atoms. The average Bonchev–Trinajstić information content (AvgIpc) is 3.00. The lowest BCUT2D eigenvalue weighted by molar-refractivity contribution is -0.137. The summed E-state index contributed by atoms with van der Waals surface area (Å²) < 4.78 is 63.6. The smallest absolute Gasteiger partial charge is 0.352 e. The summed E-state index contributed by atoms with van der Waals surface area (Å²) in [6.07, 6.45) is -3.64. The van der Waals surface area contributed by atoms with Gasteiger partial charge in [-0.2, -0.15) is 13.2 Å². The summed E-state index contributed by atoms with van der Waals surface area (Å²) in [5, 5.41) is 5.58. The normalized spacial score (nSPS) is 18.2. The number of aromatic nitrogens is 1. The first-order valence-electron chi connectivity index (χ1n) is 8.72. The van der Waals surface area contributed by atoms with Crippen LogP contribution in [0, 0.1) is 5.92 Å². The average molecular weight is 482 g/mol. The van der Waals surface area contributed by atoms with E-state index < -0.39 is 33.0 Å². The lowest BCUT2D eigenvalue weighted by Crippen LogP contribution is -2.31. The van der Waals surface area contributed by atoms with Gasteiger partial charge in [-0.05, 0) is 36.6 Å². The van der Waals surface area contributed by atoms with Crippen LogP contribution in [0.2, 0.25) is 10.0 Å². The third-order valence-corrected chi connectivity index (χ3v) is 6.91. The lowest BCUT2D eigenvalue weighted by atomic mass is 10.1.